The highest BCUT2D eigenvalue weighted by atomic mass is 16.5. The zero-order chi connectivity index (χ0) is 38.9. The number of nitrogens with zero attached hydrogens (tertiary/aromatic N) is 1. The molecule has 1 N–H and O–H groups in total. The molecule has 0 aromatic rings. The van der Waals surface area contributed by atoms with Gasteiger partial charge in [0.2, 0.25) is 0 Å². The van der Waals surface area contributed by atoms with Crippen LogP contribution in [0.25, 0.3) is 0 Å². The monoisotopic (exact) mass is 750 g/mol. The summed E-state index contributed by atoms with van der Waals surface area (Å²) in [5.41, 5.74) is 0.0382. The molecule has 1 fully saturated rings. The summed E-state index contributed by atoms with van der Waals surface area (Å²) in [6, 6.07) is 0. The van der Waals surface area contributed by atoms with Gasteiger partial charge in [-0.2, -0.15) is 0 Å². The van der Waals surface area contributed by atoms with Crippen molar-refractivity contribution in [1.82, 2.24) is 4.90 Å². The van der Waals surface area contributed by atoms with E-state index >= 15 is 0 Å². The van der Waals surface area contributed by atoms with Gasteiger partial charge in [-0.1, -0.05) is 143 Å². The Labute approximate surface area is 330 Å². The Balaban J connectivity index is 2.23. The number of hydrogen-bond donors (Lipinski definition) is 1. The van der Waals surface area contributed by atoms with Crippen molar-refractivity contribution in [3.05, 3.63) is 0 Å². The summed E-state index contributed by atoms with van der Waals surface area (Å²) in [6.45, 7) is 15.1. The summed E-state index contributed by atoms with van der Waals surface area (Å²) in [4.78, 5) is 27.7. The molecule has 0 radical (unpaired) electrons. The van der Waals surface area contributed by atoms with Crippen LogP contribution in [-0.4, -0.2) is 61.4 Å². The molecule has 0 spiro atoms. The van der Waals surface area contributed by atoms with Crippen molar-refractivity contribution in [3.63, 3.8) is 0 Å². The standard InChI is InChI=1S/C47H91NO5/c1-6-9-12-15-16-19-24-31-44(50)52-41-28-34-47(35-36-47)33-27-38-48(39-40-49)37-26-21-20-25-32-46(4,5)45(51)53-42-43(29-22-17-13-10-7-2)30-23-18-14-11-8-3/h43,49H,6-42H2,1-5H3. The van der Waals surface area contributed by atoms with Crippen molar-refractivity contribution in [1.29, 1.82) is 0 Å². The van der Waals surface area contributed by atoms with E-state index in [0.29, 0.717) is 31.0 Å². The Morgan fingerprint density at radius 1 is 0.623 bits per heavy atom. The zero-order valence-electron chi connectivity index (χ0n) is 36.3. The minimum absolute atomic E-state index is 0.0122. The first-order valence-electron chi connectivity index (χ1n) is 23.4. The van der Waals surface area contributed by atoms with Gasteiger partial charge in [0, 0.05) is 13.0 Å². The number of ether oxygens (including phenoxy) is 2. The summed E-state index contributed by atoms with van der Waals surface area (Å²) < 4.78 is 11.6. The SMILES string of the molecule is CCCCCCCCCC(=O)OCCCC1(CCCN(CCO)CCCCCCC(C)(C)C(=O)OCC(CCCCCCC)CCCCCCC)CC1. The van der Waals surface area contributed by atoms with Crippen LogP contribution in [0.3, 0.4) is 0 Å². The largest absolute Gasteiger partial charge is 0.466 e. The molecule has 1 saturated carbocycles. The van der Waals surface area contributed by atoms with Crippen LogP contribution in [0.15, 0.2) is 0 Å². The molecule has 0 aromatic heterocycles. The smallest absolute Gasteiger partial charge is 0.311 e. The van der Waals surface area contributed by atoms with Gasteiger partial charge in [-0.25, -0.2) is 0 Å². The van der Waals surface area contributed by atoms with E-state index < -0.39 is 5.41 Å². The van der Waals surface area contributed by atoms with Crippen LogP contribution in [-0.2, 0) is 19.1 Å². The predicted octanol–water partition coefficient (Wildman–Crippen LogP) is 13.2. The van der Waals surface area contributed by atoms with Crippen molar-refractivity contribution in [3.8, 4) is 0 Å². The summed E-state index contributed by atoms with van der Waals surface area (Å²) in [5.74, 6) is 0.484. The molecule has 6 heteroatoms. The van der Waals surface area contributed by atoms with E-state index in [0.717, 1.165) is 71.0 Å². The highest BCUT2D eigenvalue weighted by Gasteiger charge is 2.41. The van der Waals surface area contributed by atoms with Gasteiger partial charge in [0.25, 0.3) is 0 Å². The molecule has 0 aliphatic heterocycles. The number of hydrogen-bond acceptors (Lipinski definition) is 6. The lowest BCUT2D eigenvalue weighted by Crippen LogP contribution is -2.29. The first kappa shape index (κ1) is 49.9. The van der Waals surface area contributed by atoms with E-state index in [-0.39, 0.29) is 18.5 Å². The molecule has 0 atom stereocenters. The second-order valence-corrected chi connectivity index (χ2v) is 17.8. The molecule has 0 aromatic carbocycles. The molecule has 0 bridgehead atoms. The van der Waals surface area contributed by atoms with Crippen LogP contribution in [0.1, 0.15) is 234 Å². The number of rotatable bonds is 40. The van der Waals surface area contributed by atoms with Gasteiger partial charge in [0.1, 0.15) is 0 Å². The number of unbranched alkanes of at least 4 members (excludes halogenated alkanes) is 17. The van der Waals surface area contributed by atoms with Crippen molar-refractivity contribution < 1.29 is 24.2 Å². The molecule has 1 aliphatic rings. The van der Waals surface area contributed by atoms with Gasteiger partial charge in [0.15, 0.2) is 0 Å². The summed E-state index contributed by atoms with van der Waals surface area (Å²) >= 11 is 0. The van der Waals surface area contributed by atoms with Crippen LogP contribution in [0.4, 0.5) is 0 Å². The van der Waals surface area contributed by atoms with Gasteiger partial charge < -0.3 is 19.5 Å². The first-order chi connectivity index (χ1) is 25.7. The topological polar surface area (TPSA) is 76.1 Å². The van der Waals surface area contributed by atoms with Crippen LogP contribution in [0.5, 0.6) is 0 Å². The maximum Gasteiger partial charge on any atom is 0.311 e. The number of aliphatic hydroxyl groups is 1. The van der Waals surface area contributed by atoms with Gasteiger partial charge >= 0.3 is 11.9 Å². The minimum Gasteiger partial charge on any atom is -0.466 e. The van der Waals surface area contributed by atoms with E-state index in [9.17, 15) is 14.7 Å². The molecule has 0 heterocycles. The van der Waals surface area contributed by atoms with Crippen LogP contribution in [0, 0.1) is 16.7 Å². The molecule has 0 amide bonds. The lowest BCUT2D eigenvalue weighted by Gasteiger charge is -2.25. The average Bonchev–Trinajstić information content (AvgIpc) is 3.92. The lowest BCUT2D eigenvalue weighted by molar-refractivity contribution is -0.156. The number of carbonyl (C=O) groups excluding carboxylic acids is 2. The molecule has 53 heavy (non-hydrogen) atoms. The first-order valence-corrected chi connectivity index (χ1v) is 23.4. The fraction of sp³-hybridized carbons (Fsp3) is 0.957. The highest BCUT2D eigenvalue weighted by Crippen LogP contribution is 2.53. The minimum atomic E-state index is -0.427. The summed E-state index contributed by atoms with van der Waals surface area (Å²) in [7, 11) is 0. The Kier molecular flexibility index (Phi) is 31.1. The molecule has 6 nitrogen and oxygen atoms in total. The molecule has 0 saturated heterocycles. The maximum absolute atomic E-state index is 13.2. The van der Waals surface area contributed by atoms with E-state index in [2.05, 4.69) is 39.5 Å². The number of esters is 2. The van der Waals surface area contributed by atoms with Crippen molar-refractivity contribution >= 4 is 11.9 Å². The van der Waals surface area contributed by atoms with Gasteiger partial charge in [0.05, 0.1) is 25.2 Å². The Morgan fingerprint density at radius 2 is 1.13 bits per heavy atom. The average molecular weight is 750 g/mol. The second-order valence-electron chi connectivity index (χ2n) is 17.8. The Bertz CT molecular complexity index is 842. The normalized spacial score (nSPS) is 14.0. The Hall–Kier alpha value is -1.14. The summed E-state index contributed by atoms with van der Waals surface area (Å²) in [6.07, 6.45) is 37.1. The predicted molar refractivity (Wildman–Crippen MR) is 225 cm³/mol. The van der Waals surface area contributed by atoms with Crippen molar-refractivity contribution in [2.45, 2.75) is 234 Å². The van der Waals surface area contributed by atoms with Gasteiger partial charge in [-0.15, -0.1) is 0 Å². The molecule has 314 valence electrons. The van der Waals surface area contributed by atoms with Crippen molar-refractivity contribution in [2.24, 2.45) is 16.7 Å². The fourth-order valence-corrected chi connectivity index (χ4v) is 8.02. The Morgan fingerprint density at radius 3 is 1.72 bits per heavy atom. The quantitative estimate of drug-likeness (QED) is 0.0496. The third kappa shape index (κ3) is 28.0. The van der Waals surface area contributed by atoms with Crippen molar-refractivity contribution in [2.75, 3.05) is 39.5 Å². The second kappa shape index (κ2) is 33.0. The number of carbonyl (C=O) groups is 2. The zero-order valence-corrected chi connectivity index (χ0v) is 36.3. The molecule has 1 aliphatic carbocycles. The molecule has 1 rings (SSSR count). The van der Waals surface area contributed by atoms with Crippen LogP contribution < -0.4 is 0 Å². The molecular weight excluding hydrogens is 659 g/mol. The fourth-order valence-electron chi connectivity index (χ4n) is 8.02. The molecule has 0 unspecified atom stereocenters. The maximum atomic E-state index is 13.2. The van der Waals surface area contributed by atoms with E-state index in [1.165, 1.54) is 141 Å². The lowest BCUT2D eigenvalue weighted by atomic mass is 9.86. The van der Waals surface area contributed by atoms with Crippen LogP contribution in [0.2, 0.25) is 0 Å². The van der Waals surface area contributed by atoms with Gasteiger partial charge in [-0.05, 0) is 109 Å². The van der Waals surface area contributed by atoms with E-state index in [4.69, 9.17) is 9.47 Å². The third-order valence-electron chi connectivity index (χ3n) is 12.1. The summed E-state index contributed by atoms with van der Waals surface area (Å²) in [5, 5.41) is 9.69. The van der Waals surface area contributed by atoms with Crippen LogP contribution >= 0.6 is 0 Å². The third-order valence-corrected chi connectivity index (χ3v) is 12.1. The van der Waals surface area contributed by atoms with E-state index in [1.807, 2.05) is 0 Å². The number of aliphatic hydroxyl groups excluding tert-OH is 1. The molecular formula is C47H91NO5. The highest BCUT2D eigenvalue weighted by molar-refractivity contribution is 5.75. The van der Waals surface area contributed by atoms with Gasteiger partial charge in [-0.3, -0.25) is 9.59 Å². The van der Waals surface area contributed by atoms with E-state index in [1.54, 1.807) is 0 Å².